The molecule has 1 aliphatic heterocycles. The molecule has 0 aliphatic carbocycles. The lowest BCUT2D eigenvalue weighted by atomic mass is 9.95. The largest absolute Gasteiger partial charge is 0.334 e. The van der Waals surface area contributed by atoms with Crippen LogP contribution in [0, 0.1) is 12.8 Å². The van der Waals surface area contributed by atoms with Crippen LogP contribution < -0.4 is 10.6 Å². The number of hydrogen-bond donors (Lipinski definition) is 2. The average molecular weight is 420 g/mol. The molecule has 0 spiro atoms. The average Bonchev–Trinajstić information content (AvgIpc) is 3.14. The third-order valence-corrected chi connectivity index (χ3v) is 5.63. The minimum absolute atomic E-state index is 0.0257. The molecule has 8 heteroatoms. The zero-order valence-electron chi connectivity index (χ0n) is 18.3. The number of nitrogens with one attached hydrogen (secondary N) is 2. The molecule has 3 aromatic rings. The fraction of sp³-hybridized carbons (Fsp3) is 0.391. The fourth-order valence-corrected chi connectivity index (χ4v) is 3.86. The van der Waals surface area contributed by atoms with E-state index in [9.17, 15) is 4.79 Å². The number of hydrogen-bond acceptors (Lipinski definition) is 5. The van der Waals surface area contributed by atoms with E-state index in [0.29, 0.717) is 18.4 Å². The van der Waals surface area contributed by atoms with Gasteiger partial charge in [-0.2, -0.15) is 5.10 Å². The number of urea groups is 1. The Hall–Kier alpha value is -3.42. The molecule has 31 heavy (non-hydrogen) atoms. The van der Waals surface area contributed by atoms with Gasteiger partial charge in [0.05, 0.1) is 17.6 Å². The molecular formula is C23H29N7O. The van der Waals surface area contributed by atoms with E-state index in [2.05, 4.69) is 51.7 Å². The number of nitrogens with zero attached hydrogens (tertiary/aromatic N) is 5. The first kappa shape index (κ1) is 20.8. The monoisotopic (exact) mass is 419 g/mol. The summed E-state index contributed by atoms with van der Waals surface area (Å²) in [5.41, 5.74) is 4.90. The molecule has 0 bridgehead atoms. The second-order valence-corrected chi connectivity index (χ2v) is 8.15. The van der Waals surface area contributed by atoms with Gasteiger partial charge in [0.25, 0.3) is 0 Å². The summed E-state index contributed by atoms with van der Waals surface area (Å²) in [5, 5.41) is 10.4. The summed E-state index contributed by atoms with van der Waals surface area (Å²) in [6.07, 6.45) is 7.72. The molecule has 2 amide bonds. The van der Waals surface area contributed by atoms with Crippen molar-refractivity contribution in [3.63, 3.8) is 0 Å². The van der Waals surface area contributed by atoms with E-state index < -0.39 is 0 Å². The molecule has 3 heterocycles. The fourth-order valence-electron chi connectivity index (χ4n) is 3.86. The number of anilines is 2. The van der Waals surface area contributed by atoms with E-state index in [4.69, 9.17) is 0 Å². The van der Waals surface area contributed by atoms with Crippen LogP contribution in [0.15, 0.2) is 42.9 Å². The smallest absolute Gasteiger partial charge is 0.317 e. The van der Waals surface area contributed by atoms with Gasteiger partial charge in [-0.15, -0.1) is 0 Å². The van der Waals surface area contributed by atoms with Crippen molar-refractivity contribution in [3.05, 3.63) is 54.0 Å². The number of amides is 2. The minimum atomic E-state index is 0.0257. The molecule has 1 aromatic carbocycles. The van der Waals surface area contributed by atoms with Crippen LogP contribution in [0.25, 0.3) is 11.3 Å². The first-order valence-corrected chi connectivity index (χ1v) is 10.7. The predicted molar refractivity (Wildman–Crippen MR) is 121 cm³/mol. The summed E-state index contributed by atoms with van der Waals surface area (Å²) in [7, 11) is 1.86. The summed E-state index contributed by atoms with van der Waals surface area (Å²) >= 11 is 0. The van der Waals surface area contributed by atoms with Crippen molar-refractivity contribution in [2.75, 3.05) is 18.4 Å². The van der Waals surface area contributed by atoms with E-state index in [1.54, 1.807) is 17.1 Å². The highest BCUT2D eigenvalue weighted by atomic mass is 16.2. The van der Waals surface area contributed by atoms with Crippen molar-refractivity contribution in [2.24, 2.45) is 13.0 Å². The van der Waals surface area contributed by atoms with Crippen molar-refractivity contribution in [1.29, 1.82) is 0 Å². The molecule has 162 valence electrons. The van der Waals surface area contributed by atoms with Gasteiger partial charge in [0.2, 0.25) is 5.95 Å². The van der Waals surface area contributed by atoms with Gasteiger partial charge in [0, 0.05) is 44.6 Å². The lowest BCUT2D eigenvalue weighted by Crippen LogP contribution is -2.53. The molecule has 8 nitrogen and oxygen atoms in total. The maximum atomic E-state index is 12.3. The molecule has 2 aromatic heterocycles. The maximum Gasteiger partial charge on any atom is 0.317 e. The molecular weight excluding hydrogens is 390 g/mol. The number of aromatic nitrogens is 4. The van der Waals surface area contributed by atoms with Crippen molar-refractivity contribution in [1.82, 2.24) is 30.0 Å². The third-order valence-electron chi connectivity index (χ3n) is 5.63. The number of carbonyl (C=O) groups is 1. The Morgan fingerprint density at radius 1 is 1.26 bits per heavy atom. The number of carbonyl (C=O) groups excluding carboxylic acids is 1. The zero-order chi connectivity index (χ0) is 21.8. The molecule has 0 atom stereocenters. The van der Waals surface area contributed by atoms with Crippen LogP contribution in [0.3, 0.4) is 0 Å². The molecule has 1 saturated heterocycles. The number of benzene rings is 1. The first-order chi connectivity index (χ1) is 15.0. The van der Waals surface area contributed by atoms with E-state index >= 15 is 0 Å². The normalized spacial score (nSPS) is 13.7. The van der Waals surface area contributed by atoms with E-state index in [1.165, 1.54) is 12.8 Å². The van der Waals surface area contributed by atoms with Crippen molar-refractivity contribution in [2.45, 2.75) is 33.2 Å². The van der Waals surface area contributed by atoms with E-state index in [-0.39, 0.29) is 6.03 Å². The Morgan fingerprint density at radius 3 is 2.81 bits per heavy atom. The van der Waals surface area contributed by atoms with E-state index in [1.807, 2.05) is 30.3 Å². The van der Waals surface area contributed by atoms with Crippen LogP contribution in [0.2, 0.25) is 0 Å². The number of likely N-dealkylation sites (tertiary alicyclic amines) is 1. The van der Waals surface area contributed by atoms with Gasteiger partial charge >= 0.3 is 6.03 Å². The highest BCUT2D eigenvalue weighted by Crippen LogP contribution is 2.23. The van der Waals surface area contributed by atoms with Gasteiger partial charge in [0.15, 0.2) is 0 Å². The van der Waals surface area contributed by atoms with Gasteiger partial charge in [-0.05, 0) is 42.5 Å². The SMILES string of the molecule is CCCC1CN(C(=O)NCc2ccc(-c3ccnc(Nc4cnn(C)c4)n3)cc2C)C1. The quantitative estimate of drug-likeness (QED) is 0.607. The Labute approximate surface area is 182 Å². The van der Waals surface area contributed by atoms with Crippen LogP contribution in [0.5, 0.6) is 0 Å². The molecule has 0 saturated carbocycles. The molecule has 0 unspecified atom stereocenters. The van der Waals surface area contributed by atoms with Gasteiger partial charge in [-0.1, -0.05) is 25.5 Å². The second-order valence-electron chi connectivity index (χ2n) is 8.15. The summed E-state index contributed by atoms with van der Waals surface area (Å²) in [6.45, 7) is 6.52. The van der Waals surface area contributed by atoms with Crippen LogP contribution >= 0.6 is 0 Å². The van der Waals surface area contributed by atoms with Crippen molar-refractivity contribution < 1.29 is 4.79 Å². The molecule has 1 aliphatic rings. The lowest BCUT2D eigenvalue weighted by Gasteiger charge is -2.39. The van der Waals surface area contributed by atoms with E-state index in [0.717, 1.165) is 41.2 Å². The molecule has 1 fully saturated rings. The highest BCUT2D eigenvalue weighted by molar-refractivity contribution is 5.75. The minimum Gasteiger partial charge on any atom is -0.334 e. The van der Waals surface area contributed by atoms with Crippen LogP contribution in [0.1, 0.15) is 30.9 Å². The summed E-state index contributed by atoms with van der Waals surface area (Å²) < 4.78 is 1.72. The molecule has 2 N–H and O–H groups in total. The maximum absolute atomic E-state index is 12.3. The number of rotatable bonds is 7. The topological polar surface area (TPSA) is 88.0 Å². The predicted octanol–water partition coefficient (Wildman–Crippen LogP) is 3.87. The van der Waals surface area contributed by atoms with Gasteiger partial charge in [0.1, 0.15) is 0 Å². The first-order valence-electron chi connectivity index (χ1n) is 10.7. The Bertz CT molecular complexity index is 1060. The summed E-state index contributed by atoms with van der Waals surface area (Å²) in [4.78, 5) is 23.1. The Balaban J connectivity index is 1.37. The third kappa shape index (κ3) is 5.02. The number of aryl methyl sites for hydroxylation is 2. The molecule has 0 radical (unpaired) electrons. The highest BCUT2D eigenvalue weighted by Gasteiger charge is 2.29. The van der Waals surface area contributed by atoms with Gasteiger partial charge < -0.3 is 15.5 Å². The Kier molecular flexibility index (Phi) is 6.16. The zero-order valence-corrected chi connectivity index (χ0v) is 18.3. The van der Waals surface area contributed by atoms with Gasteiger partial charge in [-0.3, -0.25) is 4.68 Å². The standard InChI is InChI=1S/C23H29N7O/c1-4-5-17-13-30(14-17)23(31)25-11-19-7-6-18(10-16(19)2)21-8-9-24-22(28-21)27-20-12-26-29(3)15-20/h6-10,12,15,17H,4-5,11,13-14H2,1-3H3,(H,25,31)(H,24,27,28). The lowest BCUT2D eigenvalue weighted by molar-refractivity contribution is 0.115. The van der Waals surface area contributed by atoms with Crippen LogP contribution in [0.4, 0.5) is 16.4 Å². The van der Waals surface area contributed by atoms with Crippen LogP contribution in [-0.2, 0) is 13.6 Å². The van der Waals surface area contributed by atoms with Crippen molar-refractivity contribution in [3.8, 4) is 11.3 Å². The van der Waals surface area contributed by atoms with Crippen LogP contribution in [-0.4, -0.2) is 43.8 Å². The van der Waals surface area contributed by atoms with Crippen molar-refractivity contribution >= 4 is 17.7 Å². The Morgan fingerprint density at radius 2 is 2.10 bits per heavy atom. The molecule has 4 rings (SSSR count). The summed E-state index contributed by atoms with van der Waals surface area (Å²) in [5.74, 6) is 1.19. The second kappa shape index (κ2) is 9.16. The van der Waals surface area contributed by atoms with Gasteiger partial charge in [-0.25, -0.2) is 14.8 Å². The summed E-state index contributed by atoms with van der Waals surface area (Å²) in [6, 6.07) is 8.10.